The van der Waals surface area contributed by atoms with E-state index in [4.69, 9.17) is 0 Å². The van der Waals surface area contributed by atoms with Crippen LogP contribution in [-0.2, 0) is 0 Å². The van der Waals surface area contributed by atoms with Crippen molar-refractivity contribution in [1.82, 2.24) is 15.4 Å². The zero-order chi connectivity index (χ0) is 8.23. The van der Waals surface area contributed by atoms with Gasteiger partial charge in [-0.25, -0.2) is 0 Å². The highest BCUT2D eigenvalue weighted by Gasteiger charge is 2.03. The number of pyridine rings is 1. The molecular weight excluding hydrogens is 152 g/mol. The van der Waals surface area contributed by atoms with Gasteiger partial charge in [-0.2, -0.15) is 4.57 Å². The van der Waals surface area contributed by atoms with Crippen molar-refractivity contribution < 1.29 is 4.57 Å². The van der Waals surface area contributed by atoms with Crippen molar-refractivity contribution >= 4 is 0 Å². The smallest absolute Gasteiger partial charge is 0.164 e. The second kappa shape index (κ2) is 3.04. The Labute approximate surface area is 69.5 Å². The number of hydrogen-bond donors (Lipinski definition) is 0. The molecule has 0 atom stereocenters. The van der Waals surface area contributed by atoms with Crippen molar-refractivity contribution in [2.75, 3.05) is 0 Å². The van der Waals surface area contributed by atoms with Crippen molar-refractivity contribution in [3.63, 3.8) is 0 Å². The molecule has 0 spiro atoms. The van der Waals surface area contributed by atoms with E-state index in [2.05, 4.69) is 21.6 Å². The Morgan fingerprint density at radius 1 is 1.17 bits per heavy atom. The summed E-state index contributed by atoms with van der Waals surface area (Å²) in [6.07, 6.45) is 8.12. The summed E-state index contributed by atoms with van der Waals surface area (Å²) in [7, 11) is 0. The fourth-order valence-corrected chi connectivity index (χ4v) is 0.892. The minimum absolute atomic E-state index is 0.783. The monoisotopic (exact) mass is 158 g/mol. The van der Waals surface area contributed by atoms with Crippen molar-refractivity contribution in [3.05, 3.63) is 43.0 Å². The maximum atomic E-state index is 3.65. The fourth-order valence-electron chi connectivity index (χ4n) is 0.892. The van der Waals surface area contributed by atoms with E-state index in [-0.39, 0.29) is 0 Å². The zero-order valence-electron chi connectivity index (χ0n) is 6.25. The van der Waals surface area contributed by atoms with E-state index < -0.39 is 0 Å². The first kappa shape index (κ1) is 6.84. The van der Waals surface area contributed by atoms with Gasteiger partial charge in [-0.05, 0) is 5.21 Å². The van der Waals surface area contributed by atoms with Gasteiger partial charge >= 0.3 is 0 Å². The zero-order valence-corrected chi connectivity index (χ0v) is 6.25. The first-order valence-corrected chi connectivity index (χ1v) is 3.49. The van der Waals surface area contributed by atoms with Crippen molar-refractivity contribution in [3.8, 4) is 5.69 Å². The summed E-state index contributed by atoms with van der Waals surface area (Å²) in [5, 5.41) is 10.6. The molecule has 0 saturated carbocycles. The minimum atomic E-state index is 0.783. The Morgan fingerprint density at radius 3 is 2.67 bits per heavy atom. The molecule has 0 aliphatic carbocycles. The second-order valence-electron chi connectivity index (χ2n) is 2.21. The van der Waals surface area contributed by atoms with E-state index in [0.29, 0.717) is 0 Å². The largest absolute Gasteiger partial charge is 0.261 e. The SMILES string of the molecule is [c]1nnncc1-[n+]1ccccc1. The van der Waals surface area contributed by atoms with Gasteiger partial charge in [-0.1, -0.05) is 6.07 Å². The molecule has 0 unspecified atom stereocenters. The van der Waals surface area contributed by atoms with Crippen LogP contribution in [-0.4, -0.2) is 15.4 Å². The van der Waals surface area contributed by atoms with Gasteiger partial charge in [0.1, 0.15) is 6.20 Å². The summed E-state index contributed by atoms with van der Waals surface area (Å²) in [5.74, 6) is 0. The van der Waals surface area contributed by atoms with Crippen LogP contribution in [0, 0.1) is 6.20 Å². The van der Waals surface area contributed by atoms with Crippen LogP contribution >= 0.6 is 0 Å². The van der Waals surface area contributed by atoms with Gasteiger partial charge in [0.25, 0.3) is 5.69 Å². The average Bonchev–Trinajstić information content (AvgIpc) is 2.21. The molecule has 0 bridgehead atoms. The van der Waals surface area contributed by atoms with Crippen LogP contribution in [0.3, 0.4) is 0 Å². The maximum Gasteiger partial charge on any atom is 0.261 e. The highest BCUT2D eigenvalue weighted by atomic mass is 15.3. The van der Waals surface area contributed by atoms with E-state index in [0.717, 1.165) is 5.69 Å². The fraction of sp³-hybridized carbons (Fsp3) is 0. The summed E-state index contributed by atoms with van der Waals surface area (Å²) in [4.78, 5) is 0. The van der Waals surface area contributed by atoms with E-state index in [9.17, 15) is 0 Å². The molecule has 2 heterocycles. The molecule has 4 heteroatoms. The van der Waals surface area contributed by atoms with Crippen LogP contribution in [0.1, 0.15) is 0 Å². The molecule has 0 N–H and O–H groups in total. The Bertz CT molecular complexity index is 308. The van der Waals surface area contributed by atoms with Crippen LogP contribution in [0.2, 0.25) is 0 Å². The number of rotatable bonds is 1. The number of aromatic nitrogens is 4. The lowest BCUT2D eigenvalue weighted by Gasteiger charge is -1.89. The molecule has 4 nitrogen and oxygen atoms in total. The molecule has 0 fully saturated rings. The molecule has 0 aliphatic rings. The molecule has 57 valence electrons. The van der Waals surface area contributed by atoms with Gasteiger partial charge in [0.2, 0.25) is 0 Å². The molecule has 2 rings (SSSR count). The Balaban J connectivity index is 2.46. The topological polar surface area (TPSA) is 42.6 Å². The Morgan fingerprint density at radius 2 is 2.00 bits per heavy atom. The lowest BCUT2D eigenvalue weighted by molar-refractivity contribution is -0.596. The predicted molar refractivity (Wildman–Crippen MR) is 40.2 cm³/mol. The van der Waals surface area contributed by atoms with Gasteiger partial charge in [-0.15, -0.1) is 10.2 Å². The van der Waals surface area contributed by atoms with Gasteiger partial charge in [0, 0.05) is 12.1 Å². The third kappa shape index (κ3) is 1.27. The number of hydrogen-bond acceptors (Lipinski definition) is 3. The van der Waals surface area contributed by atoms with Gasteiger partial charge in [0.15, 0.2) is 18.6 Å². The first-order chi connectivity index (χ1) is 5.97. The van der Waals surface area contributed by atoms with E-state index in [1.165, 1.54) is 0 Å². The van der Waals surface area contributed by atoms with Gasteiger partial charge < -0.3 is 0 Å². The van der Waals surface area contributed by atoms with E-state index in [1.807, 2.05) is 35.2 Å². The van der Waals surface area contributed by atoms with Gasteiger partial charge in [-0.3, -0.25) is 0 Å². The van der Waals surface area contributed by atoms with Crippen molar-refractivity contribution in [2.24, 2.45) is 0 Å². The number of nitrogens with zero attached hydrogens (tertiary/aromatic N) is 4. The molecule has 2 aromatic rings. The second-order valence-corrected chi connectivity index (χ2v) is 2.21. The molecule has 0 aliphatic heterocycles. The summed E-state index contributed by atoms with van der Waals surface area (Å²) < 4.78 is 1.86. The molecule has 12 heavy (non-hydrogen) atoms. The van der Waals surface area contributed by atoms with E-state index >= 15 is 0 Å². The predicted octanol–water partition coefficient (Wildman–Crippen LogP) is -0.0515. The summed E-state index contributed by atoms with van der Waals surface area (Å²) in [6, 6.07) is 5.79. The highest BCUT2D eigenvalue weighted by Crippen LogP contribution is 1.88. The standard InChI is InChI=1S/C8H6N4/c1-2-4-12(5-3-1)8-6-9-11-10-7-8/h1-6H/q+1. The van der Waals surface area contributed by atoms with Crippen molar-refractivity contribution in [1.29, 1.82) is 0 Å². The van der Waals surface area contributed by atoms with Crippen LogP contribution in [0.4, 0.5) is 0 Å². The molecule has 1 radical (unpaired) electrons. The molecule has 2 aromatic heterocycles. The van der Waals surface area contributed by atoms with Crippen LogP contribution in [0.15, 0.2) is 36.8 Å². The normalized spacial score (nSPS) is 9.67. The van der Waals surface area contributed by atoms with Crippen LogP contribution in [0.25, 0.3) is 5.69 Å². The average molecular weight is 158 g/mol. The van der Waals surface area contributed by atoms with Crippen LogP contribution < -0.4 is 4.57 Å². The lowest BCUT2D eigenvalue weighted by atomic mass is 10.4. The molecule has 0 aromatic carbocycles. The quantitative estimate of drug-likeness (QED) is 0.546. The lowest BCUT2D eigenvalue weighted by Crippen LogP contribution is -2.29. The summed E-state index contributed by atoms with van der Waals surface area (Å²) >= 11 is 0. The molecule has 0 amide bonds. The Hall–Kier alpha value is -1.84. The summed E-state index contributed by atoms with van der Waals surface area (Å²) in [5.41, 5.74) is 0.783. The first-order valence-electron chi connectivity index (χ1n) is 3.49. The third-order valence-corrected chi connectivity index (χ3v) is 1.43. The maximum absolute atomic E-state index is 3.65. The summed E-state index contributed by atoms with van der Waals surface area (Å²) in [6.45, 7) is 0. The van der Waals surface area contributed by atoms with Crippen molar-refractivity contribution in [2.45, 2.75) is 0 Å². The minimum Gasteiger partial charge on any atom is -0.164 e. The van der Waals surface area contributed by atoms with E-state index in [1.54, 1.807) is 6.20 Å². The molecule has 0 saturated heterocycles. The highest BCUT2D eigenvalue weighted by molar-refractivity contribution is 5.07. The van der Waals surface area contributed by atoms with Gasteiger partial charge in [0.05, 0.1) is 0 Å². The third-order valence-electron chi connectivity index (χ3n) is 1.43. The van der Waals surface area contributed by atoms with Crippen LogP contribution in [0.5, 0.6) is 0 Å². The molecular formula is C8H6N4+. The Kier molecular flexibility index (Phi) is 1.74.